The number of rotatable bonds is 8. The zero-order valence-electron chi connectivity index (χ0n) is 17.8. The van der Waals surface area contributed by atoms with Gasteiger partial charge >= 0.3 is 6.01 Å². The first-order valence-corrected chi connectivity index (χ1v) is 10.3. The van der Waals surface area contributed by atoms with Crippen molar-refractivity contribution in [2.75, 3.05) is 24.2 Å². The molecule has 0 saturated carbocycles. The van der Waals surface area contributed by atoms with Crippen LogP contribution < -0.4 is 34.3 Å². The lowest BCUT2D eigenvalue weighted by Crippen LogP contribution is -2.14. The molecule has 10 heteroatoms. The summed E-state index contributed by atoms with van der Waals surface area (Å²) in [7, 11) is 0. The van der Waals surface area contributed by atoms with E-state index in [-0.39, 0.29) is 25.7 Å². The molecule has 32 heavy (non-hydrogen) atoms. The summed E-state index contributed by atoms with van der Waals surface area (Å²) in [6.07, 6.45) is -0.0687. The van der Waals surface area contributed by atoms with Gasteiger partial charge in [-0.3, -0.25) is 0 Å². The second kappa shape index (κ2) is 8.66. The van der Waals surface area contributed by atoms with E-state index in [0.29, 0.717) is 25.0 Å². The van der Waals surface area contributed by atoms with Crippen molar-refractivity contribution in [2.45, 2.75) is 33.0 Å². The van der Waals surface area contributed by atoms with E-state index in [1.54, 1.807) is 0 Å². The predicted octanol–water partition coefficient (Wildman–Crippen LogP) is 3.34. The van der Waals surface area contributed by atoms with E-state index in [9.17, 15) is 0 Å². The molecule has 0 saturated heterocycles. The van der Waals surface area contributed by atoms with E-state index in [2.05, 4.69) is 25.6 Å². The molecule has 1 aromatic heterocycles. The molecule has 0 radical (unpaired) electrons. The summed E-state index contributed by atoms with van der Waals surface area (Å²) in [4.78, 5) is 13.2. The maximum Gasteiger partial charge on any atom is 0.323 e. The molecule has 5 rings (SSSR count). The molecule has 2 aliphatic heterocycles. The number of anilines is 2. The van der Waals surface area contributed by atoms with E-state index in [1.807, 2.05) is 50.2 Å². The van der Waals surface area contributed by atoms with Crippen LogP contribution in [0.15, 0.2) is 36.4 Å². The number of nitrogens with one attached hydrogen (secondary N) is 2. The largest absolute Gasteiger partial charge is 0.461 e. The van der Waals surface area contributed by atoms with Gasteiger partial charge in [0.1, 0.15) is 0 Å². The monoisotopic (exact) mass is 437 g/mol. The summed E-state index contributed by atoms with van der Waals surface area (Å²) in [5.41, 5.74) is 2.02. The van der Waals surface area contributed by atoms with E-state index in [0.717, 1.165) is 34.1 Å². The molecule has 3 heterocycles. The second-order valence-corrected chi connectivity index (χ2v) is 7.51. The Bertz CT molecular complexity index is 1040. The Morgan fingerprint density at radius 2 is 1.25 bits per heavy atom. The number of ether oxygens (including phenoxy) is 5. The van der Waals surface area contributed by atoms with Gasteiger partial charge in [-0.25, -0.2) is 0 Å². The van der Waals surface area contributed by atoms with Crippen LogP contribution in [0.4, 0.5) is 11.9 Å². The van der Waals surface area contributed by atoms with E-state index >= 15 is 0 Å². The molecule has 0 amide bonds. The Morgan fingerprint density at radius 1 is 0.750 bits per heavy atom. The third kappa shape index (κ3) is 4.53. The molecule has 2 N–H and O–H groups in total. The first-order valence-electron chi connectivity index (χ1n) is 10.3. The Labute approximate surface area is 184 Å². The number of hydrogen-bond donors (Lipinski definition) is 2. The normalized spacial score (nSPS) is 13.3. The number of benzene rings is 2. The lowest BCUT2D eigenvalue weighted by Gasteiger charge is -2.13. The molecule has 0 atom stereocenters. The summed E-state index contributed by atoms with van der Waals surface area (Å²) in [5.74, 6) is 3.76. The minimum atomic E-state index is -0.0687. The van der Waals surface area contributed by atoms with Crippen LogP contribution >= 0.6 is 0 Å². The van der Waals surface area contributed by atoms with Crippen LogP contribution in [0, 0.1) is 0 Å². The summed E-state index contributed by atoms with van der Waals surface area (Å²) in [6, 6.07) is 11.8. The Balaban J connectivity index is 1.29. The van der Waals surface area contributed by atoms with Gasteiger partial charge < -0.3 is 34.3 Å². The Kier molecular flexibility index (Phi) is 5.40. The lowest BCUT2D eigenvalue weighted by atomic mass is 10.2. The third-order valence-electron chi connectivity index (χ3n) is 4.73. The van der Waals surface area contributed by atoms with Gasteiger partial charge in [0.2, 0.25) is 25.5 Å². The number of fused-ring (bicyclic) bond motifs is 2. The van der Waals surface area contributed by atoms with E-state index < -0.39 is 0 Å². The molecular formula is C22H23N5O5. The maximum absolute atomic E-state index is 5.71. The average Bonchev–Trinajstić information content (AvgIpc) is 3.44. The fourth-order valence-corrected chi connectivity index (χ4v) is 3.24. The van der Waals surface area contributed by atoms with Gasteiger partial charge in [-0.2, -0.15) is 15.0 Å². The molecule has 2 aliphatic rings. The van der Waals surface area contributed by atoms with Gasteiger partial charge in [-0.05, 0) is 49.2 Å². The van der Waals surface area contributed by atoms with Crippen LogP contribution in [0.25, 0.3) is 0 Å². The average molecular weight is 437 g/mol. The van der Waals surface area contributed by atoms with Crippen molar-refractivity contribution in [3.05, 3.63) is 47.5 Å². The Morgan fingerprint density at radius 3 is 1.75 bits per heavy atom. The van der Waals surface area contributed by atoms with Crippen molar-refractivity contribution in [1.82, 2.24) is 15.0 Å². The number of aromatic nitrogens is 3. The Hall–Kier alpha value is -3.95. The summed E-state index contributed by atoms with van der Waals surface area (Å²) < 4.78 is 27.3. The minimum absolute atomic E-state index is 0.0687. The highest BCUT2D eigenvalue weighted by molar-refractivity contribution is 5.47. The van der Waals surface area contributed by atoms with Crippen molar-refractivity contribution >= 4 is 11.9 Å². The predicted molar refractivity (Wildman–Crippen MR) is 115 cm³/mol. The second-order valence-electron chi connectivity index (χ2n) is 7.51. The van der Waals surface area contributed by atoms with Gasteiger partial charge in [0.15, 0.2) is 23.0 Å². The molecule has 0 aliphatic carbocycles. The summed E-state index contributed by atoms with van der Waals surface area (Å²) in [6.45, 7) is 5.33. The highest BCUT2D eigenvalue weighted by Gasteiger charge is 2.15. The van der Waals surface area contributed by atoms with Crippen LogP contribution in [0.1, 0.15) is 25.0 Å². The van der Waals surface area contributed by atoms with Crippen LogP contribution in [0.2, 0.25) is 0 Å². The fourth-order valence-electron chi connectivity index (χ4n) is 3.24. The van der Waals surface area contributed by atoms with Crippen LogP contribution in [0.3, 0.4) is 0 Å². The molecule has 2 aromatic carbocycles. The van der Waals surface area contributed by atoms with Crippen LogP contribution in [-0.4, -0.2) is 34.6 Å². The van der Waals surface area contributed by atoms with E-state index in [4.69, 9.17) is 23.7 Å². The SMILES string of the molecule is CC(C)Oc1nc(NCc2ccc3c(c2)OCO3)nc(NCc2ccc3c(c2)OCO3)n1. The molecule has 0 unspecified atom stereocenters. The zero-order valence-corrected chi connectivity index (χ0v) is 17.8. The fraction of sp³-hybridized carbons (Fsp3) is 0.318. The molecular weight excluding hydrogens is 414 g/mol. The van der Waals surface area contributed by atoms with Gasteiger partial charge in [-0.15, -0.1) is 0 Å². The van der Waals surface area contributed by atoms with Crippen molar-refractivity contribution in [3.63, 3.8) is 0 Å². The summed E-state index contributed by atoms with van der Waals surface area (Å²) in [5, 5.41) is 6.45. The van der Waals surface area contributed by atoms with Crippen molar-refractivity contribution in [1.29, 1.82) is 0 Å². The summed E-state index contributed by atoms with van der Waals surface area (Å²) >= 11 is 0. The van der Waals surface area contributed by atoms with Crippen molar-refractivity contribution in [2.24, 2.45) is 0 Å². The maximum atomic E-state index is 5.71. The molecule has 10 nitrogen and oxygen atoms in total. The smallest absolute Gasteiger partial charge is 0.323 e. The lowest BCUT2D eigenvalue weighted by molar-refractivity contribution is 0.173. The highest BCUT2D eigenvalue weighted by Crippen LogP contribution is 2.33. The topological polar surface area (TPSA) is 109 Å². The molecule has 166 valence electrons. The van der Waals surface area contributed by atoms with Crippen LogP contribution in [-0.2, 0) is 13.1 Å². The quantitative estimate of drug-likeness (QED) is 0.544. The van der Waals surface area contributed by atoms with Crippen LogP contribution in [0.5, 0.6) is 29.0 Å². The molecule has 3 aromatic rings. The number of nitrogens with zero attached hydrogens (tertiary/aromatic N) is 3. The van der Waals surface area contributed by atoms with Gasteiger partial charge in [-0.1, -0.05) is 12.1 Å². The van der Waals surface area contributed by atoms with Gasteiger partial charge in [0.25, 0.3) is 0 Å². The van der Waals surface area contributed by atoms with Gasteiger partial charge in [0.05, 0.1) is 6.10 Å². The standard InChI is InChI=1S/C22H23N5O5/c1-13(2)32-22-26-20(23-9-14-3-5-16-18(7-14)30-11-28-16)25-21(27-22)24-10-15-4-6-17-19(8-15)31-12-29-17/h3-8,13H,9-12H2,1-2H3,(H2,23,24,25,26,27). The number of hydrogen-bond acceptors (Lipinski definition) is 10. The first kappa shape index (κ1) is 20.0. The van der Waals surface area contributed by atoms with Crippen molar-refractivity contribution < 1.29 is 23.7 Å². The zero-order chi connectivity index (χ0) is 21.9. The molecule has 0 bridgehead atoms. The third-order valence-corrected chi connectivity index (χ3v) is 4.73. The van der Waals surface area contributed by atoms with Gasteiger partial charge in [0, 0.05) is 13.1 Å². The minimum Gasteiger partial charge on any atom is -0.461 e. The molecule has 0 fully saturated rings. The molecule has 0 spiro atoms. The van der Waals surface area contributed by atoms with E-state index in [1.165, 1.54) is 0 Å². The van der Waals surface area contributed by atoms with Crippen molar-refractivity contribution in [3.8, 4) is 29.0 Å². The first-order chi connectivity index (χ1) is 15.6. The highest BCUT2D eigenvalue weighted by atomic mass is 16.7.